The number of aromatic nitrogens is 3. The van der Waals surface area contributed by atoms with Crippen molar-refractivity contribution in [3.05, 3.63) is 17.8 Å². The molecule has 0 aliphatic carbocycles. The van der Waals surface area contributed by atoms with Gasteiger partial charge in [-0.25, -0.2) is 0 Å². The van der Waals surface area contributed by atoms with Crippen molar-refractivity contribution >= 4 is 5.88 Å². The SMILES string of the molecule is Cc1c(-c2ccn(C)n2)noc1N. The predicted molar refractivity (Wildman–Crippen MR) is 47.9 cm³/mol. The summed E-state index contributed by atoms with van der Waals surface area (Å²) in [5.41, 5.74) is 7.84. The summed E-state index contributed by atoms with van der Waals surface area (Å²) in [4.78, 5) is 0. The van der Waals surface area contributed by atoms with Crippen LogP contribution in [-0.4, -0.2) is 14.9 Å². The molecule has 0 fully saturated rings. The van der Waals surface area contributed by atoms with Crippen LogP contribution in [0.25, 0.3) is 11.4 Å². The van der Waals surface area contributed by atoms with Gasteiger partial charge in [-0.15, -0.1) is 0 Å². The summed E-state index contributed by atoms with van der Waals surface area (Å²) in [5.74, 6) is 0.348. The molecule has 0 aliphatic rings. The monoisotopic (exact) mass is 178 g/mol. The van der Waals surface area contributed by atoms with Gasteiger partial charge in [-0.3, -0.25) is 4.68 Å². The molecule has 0 aromatic carbocycles. The average molecular weight is 178 g/mol. The number of nitrogens with zero attached hydrogens (tertiary/aromatic N) is 3. The molecule has 0 unspecified atom stereocenters. The lowest BCUT2D eigenvalue weighted by molar-refractivity contribution is 0.438. The summed E-state index contributed by atoms with van der Waals surface area (Å²) in [6.07, 6.45) is 1.85. The van der Waals surface area contributed by atoms with Gasteiger partial charge in [-0.05, 0) is 13.0 Å². The van der Waals surface area contributed by atoms with Crippen molar-refractivity contribution in [1.29, 1.82) is 0 Å². The number of anilines is 1. The van der Waals surface area contributed by atoms with Gasteiger partial charge in [-0.1, -0.05) is 5.16 Å². The highest BCUT2D eigenvalue weighted by Crippen LogP contribution is 2.23. The molecule has 0 saturated carbocycles. The first-order chi connectivity index (χ1) is 6.18. The second-order valence-electron chi connectivity index (χ2n) is 2.90. The van der Waals surface area contributed by atoms with E-state index >= 15 is 0 Å². The van der Waals surface area contributed by atoms with E-state index in [4.69, 9.17) is 10.3 Å². The van der Waals surface area contributed by atoms with E-state index in [1.807, 2.05) is 26.2 Å². The molecule has 0 spiro atoms. The first kappa shape index (κ1) is 7.85. The van der Waals surface area contributed by atoms with Gasteiger partial charge in [0.15, 0.2) is 0 Å². The van der Waals surface area contributed by atoms with Crippen LogP contribution in [0.15, 0.2) is 16.8 Å². The lowest BCUT2D eigenvalue weighted by Crippen LogP contribution is -1.89. The van der Waals surface area contributed by atoms with E-state index in [0.717, 1.165) is 11.3 Å². The molecule has 2 aromatic heterocycles. The molecular formula is C8H10N4O. The minimum Gasteiger partial charge on any atom is -0.367 e. The van der Waals surface area contributed by atoms with Crippen LogP contribution in [0, 0.1) is 6.92 Å². The van der Waals surface area contributed by atoms with Crippen LogP contribution in [-0.2, 0) is 7.05 Å². The molecular weight excluding hydrogens is 168 g/mol. The Morgan fingerprint density at radius 2 is 2.31 bits per heavy atom. The third-order valence-electron chi connectivity index (χ3n) is 1.92. The highest BCUT2D eigenvalue weighted by Gasteiger charge is 2.12. The van der Waals surface area contributed by atoms with Gasteiger partial charge in [0, 0.05) is 18.8 Å². The van der Waals surface area contributed by atoms with Crippen LogP contribution in [0.2, 0.25) is 0 Å². The highest BCUT2D eigenvalue weighted by atomic mass is 16.5. The Morgan fingerprint density at radius 3 is 2.77 bits per heavy atom. The van der Waals surface area contributed by atoms with Gasteiger partial charge in [-0.2, -0.15) is 5.10 Å². The molecule has 0 aliphatic heterocycles. The Bertz CT molecular complexity index is 429. The van der Waals surface area contributed by atoms with Crippen molar-refractivity contribution in [1.82, 2.24) is 14.9 Å². The van der Waals surface area contributed by atoms with E-state index in [0.29, 0.717) is 11.6 Å². The van der Waals surface area contributed by atoms with E-state index in [-0.39, 0.29) is 0 Å². The summed E-state index contributed by atoms with van der Waals surface area (Å²) >= 11 is 0. The summed E-state index contributed by atoms with van der Waals surface area (Å²) < 4.78 is 6.55. The van der Waals surface area contributed by atoms with Gasteiger partial charge in [0.05, 0.1) is 0 Å². The molecule has 13 heavy (non-hydrogen) atoms. The van der Waals surface area contributed by atoms with Gasteiger partial charge >= 0.3 is 0 Å². The third-order valence-corrected chi connectivity index (χ3v) is 1.92. The minimum absolute atomic E-state index is 0.348. The molecule has 2 N–H and O–H groups in total. The van der Waals surface area contributed by atoms with Crippen LogP contribution in [0.4, 0.5) is 5.88 Å². The second kappa shape index (κ2) is 2.62. The normalized spacial score (nSPS) is 10.6. The van der Waals surface area contributed by atoms with Gasteiger partial charge < -0.3 is 10.3 Å². The van der Waals surface area contributed by atoms with Crippen molar-refractivity contribution in [3.8, 4) is 11.4 Å². The maximum absolute atomic E-state index is 5.52. The third kappa shape index (κ3) is 1.18. The average Bonchev–Trinajstić information content (AvgIpc) is 2.62. The highest BCUT2D eigenvalue weighted by molar-refractivity contribution is 5.62. The molecule has 2 rings (SSSR count). The van der Waals surface area contributed by atoms with Crippen LogP contribution >= 0.6 is 0 Å². The largest absolute Gasteiger partial charge is 0.367 e. The van der Waals surface area contributed by atoms with Crippen molar-refractivity contribution in [2.75, 3.05) is 5.73 Å². The molecule has 0 saturated heterocycles. The van der Waals surface area contributed by atoms with Crippen molar-refractivity contribution in [2.24, 2.45) is 7.05 Å². The smallest absolute Gasteiger partial charge is 0.225 e. The number of hydrogen-bond acceptors (Lipinski definition) is 4. The minimum atomic E-state index is 0.348. The molecule has 0 atom stereocenters. The number of nitrogen functional groups attached to an aromatic ring is 1. The molecule has 68 valence electrons. The van der Waals surface area contributed by atoms with Crippen molar-refractivity contribution < 1.29 is 4.52 Å². The fourth-order valence-corrected chi connectivity index (χ4v) is 1.13. The van der Waals surface area contributed by atoms with Gasteiger partial charge in [0.2, 0.25) is 5.88 Å². The Balaban J connectivity index is 2.52. The van der Waals surface area contributed by atoms with E-state index in [1.165, 1.54) is 0 Å². The summed E-state index contributed by atoms with van der Waals surface area (Å²) in [6.45, 7) is 1.86. The number of aryl methyl sites for hydroxylation is 1. The van der Waals surface area contributed by atoms with Crippen LogP contribution < -0.4 is 5.73 Å². The maximum Gasteiger partial charge on any atom is 0.225 e. The van der Waals surface area contributed by atoms with E-state index in [9.17, 15) is 0 Å². The lowest BCUT2D eigenvalue weighted by atomic mass is 10.2. The fraction of sp³-hybridized carbons (Fsp3) is 0.250. The maximum atomic E-state index is 5.52. The standard InChI is InChI=1S/C8H10N4O/c1-5-7(11-13-8(5)9)6-3-4-12(2)10-6/h3-4H,9H2,1-2H3. The van der Waals surface area contributed by atoms with E-state index in [1.54, 1.807) is 4.68 Å². The van der Waals surface area contributed by atoms with Crippen LogP contribution in [0.1, 0.15) is 5.56 Å². The zero-order valence-electron chi connectivity index (χ0n) is 7.48. The molecule has 5 heteroatoms. The molecule has 0 radical (unpaired) electrons. The molecule has 2 aromatic rings. The summed E-state index contributed by atoms with van der Waals surface area (Å²) in [5, 5.41) is 8.02. The van der Waals surface area contributed by atoms with Crippen LogP contribution in [0.5, 0.6) is 0 Å². The number of hydrogen-bond donors (Lipinski definition) is 1. The second-order valence-corrected chi connectivity index (χ2v) is 2.90. The quantitative estimate of drug-likeness (QED) is 0.706. The molecule has 2 heterocycles. The predicted octanol–water partition coefficient (Wildman–Crippen LogP) is 0.966. The van der Waals surface area contributed by atoms with Gasteiger partial charge in [0.25, 0.3) is 0 Å². The molecule has 0 amide bonds. The molecule has 0 bridgehead atoms. The first-order valence-electron chi connectivity index (χ1n) is 3.90. The molecule has 5 nitrogen and oxygen atoms in total. The zero-order chi connectivity index (χ0) is 9.42. The van der Waals surface area contributed by atoms with E-state index in [2.05, 4.69) is 10.3 Å². The lowest BCUT2D eigenvalue weighted by Gasteiger charge is -1.89. The van der Waals surface area contributed by atoms with Gasteiger partial charge in [0.1, 0.15) is 11.4 Å². The summed E-state index contributed by atoms with van der Waals surface area (Å²) in [6, 6.07) is 1.87. The van der Waals surface area contributed by atoms with Crippen LogP contribution in [0.3, 0.4) is 0 Å². The van der Waals surface area contributed by atoms with Crippen molar-refractivity contribution in [3.63, 3.8) is 0 Å². The Morgan fingerprint density at radius 1 is 1.54 bits per heavy atom. The van der Waals surface area contributed by atoms with Crippen molar-refractivity contribution in [2.45, 2.75) is 6.92 Å². The zero-order valence-corrected chi connectivity index (χ0v) is 7.48. The number of nitrogens with two attached hydrogens (primary N) is 1. The first-order valence-corrected chi connectivity index (χ1v) is 3.90. The topological polar surface area (TPSA) is 69.9 Å². The Hall–Kier alpha value is -1.78. The fourth-order valence-electron chi connectivity index (χ4n) is 1.13. The Kier molecular flexibility index (Phi) is 1.58. The number of rotatable bonds is 1. The Labute approximate surface area is 75.1 Å². The van der Waals surface area contributed by atoms with E-state index < -0.39 is 0 Å². The summed E-state index contributed by atoms with van der Waals surface area (Å²) in [7, 11) is 1.85.